The molecule has 286 valence electrons. The summed E-state index contributed by atoms with van der Waals surface area (Å²) in [6.45, 7) is 1.20. The van der Waals surface area contributed by atoms with Gasteiger partial charge in [-0.2, -0.15) is 4.31 Å². The zero-order valence-electron chi connectivity index (χ0n) is 22.9. The van der Waals surface area contributed by atoms with E-state index in [1.807, 2.05) is 0 Å². The Hall–Kier alpha value is 0.820. The van der Waals surface area contributed by atoms with Gasteiger partial charge in [0.05, 0.1) is 19.3 Å². The summed E-state index contributed by atoms with van der Waals surface area (Å²) in [6.07, 6.45) is -10.6. The van der Waals surface area contributed by atoms with Crippen LogP contribution in [0.25, 0.3) is 0 Å². The number of hydrogen-bond acceptors (Lipinski definition) is 16. The molecule has 0 aromatic carbocycles. The van der Waals surface area contributed by atoms with E-state index < -0.39 is 113 Å². The Morgan fingerprint density at radius 3 is 0.865 bits per heavy atom. The van der Waals surface area contributed by atoms with Gasteiger partial charge in [-0.3, -0.25) is 14.4 Å². The first-order valence-electron chi connectivity index (χ1n) is 10.7. The van der Waals surface area contributed by atoms with Crippen molar-refractivity contribution >= 4 is 211 Å². The average molecular weight is 864 g/mol. The summed E-state index contributed by atoms with van der Waals surface area (Å²) in [4.78, 5) is 110. The van der Waals surface area contributed by atoms with E-state index in [4.69, 9.17) is 86.0 Å². The standard InChI is InChI=1S/C6H8O7.C4H6O6.C4H6O5.C3H6O3.5Na.H4O7P2.5H/c7-3(8)1-6(13,5(11)12)2-4(9)10;5-1(3(7)8)2(6)4(9)10;5-2(4(8)9)1-3(6)7;1-2(4)3(5)6;;;;;;1-8(2,3)7-9(4,5)6;;;;;/h13H,1-2H2,(H,7,8)(H,9,10)(H,11,12);1-2,5-6H,(H,7,8)(H,9,10);2,5H,1H2,(H,6,7)(H,8,9);2,4H,1H3,(H,5,6);;;;;;(H2,1,2,3)(H2,4,5,6);;;;;. The molecule has 0 rings (SSSR count). The van der Waals surface area contributed by atoms with Crippen LogP contribution < -0.4 is 0 Å². The molecule has 0 bridgehead atoms. The number of carboxylic acid groups (broad SMARTS) is 8. The van der Waals surface area contributed by atoms with Crippen molar-refractivity contribution < 1.29 is 138 Å². The monoisotopic (exact) mass is 864 g/mol. The third kappa shape index (κ3) is 57.5. The second-order valence-corrected chi connectivity index (χ2v) is 10.2. The van der Waals surface area contributed by atoms with E-state index in [1.54, 1.807) is 0 Å². The number of aliphatic carboxylic acids is 8. The molecule has 52 heavy (non-hydrogen) atoms. The Morgan fingerprint density at radius 1 is 0.538 bits per heavy atom. The van der Waals surface area contributed by atoms with Crippen LogP contribution >= 0.6 is 15.6 Å². The molecule has 0 aliphatic heterocycles. The van der Waals surface area contributed by atoms with Crippen molar-refractivity contribution in [2.45, 2.75) is 56.2 Å². The van der Waals surface area contributed by atoms with E-state index in [2.05, 4.69) is 4.31 Å². The number of phosphoric acid groups is 2. The first-order chi connectivity index (χ1) is 20.6. The first kappa shape index (κ1) is 77.4. The predicted octanol–water partition coefficient (Wildman–Crippen LogP) is -9.07. The molecule has 0 aromatic rings. The van der Waals surface area contributed by atoms with Gasteiger partial charge in [-0.15, -0.1) is 0 Å². The average Bonchev–Trinajstić information content (AvgIpc) is 2.80. The zero-order valence-corrected chi connectivity index (χ0v) is 24.7. The fourth-order valence-electron chi connectivity index (χ4n) is 1.38. The van der Waals surface area contributed by atoms with E-state index in [0.29, 0.717) is 0 Å². The molecule has 0 aliphatic carbocycles. The van der Waals surface area contributed by atoms with Crippen LogP contribution in [0.4, 0.5) is 0 Å². The van der Waals surface area contributed by atoms with Gasteiger partial charge >= 0.3 is 211 Å². The van der Waals surface area contributed by atoms with Gasteiger partial charge in [-0.05, 0) is 6.92 Å². The number of carboxylic acids is 8. The number of aliphatic hydroxyl groups is 5. The molecule has 0 amide bonds. The van der Waals surface area contributed by atoms with Crippen LogP contribution in [0, 0.1) is 0 Å². The van der Waals surface area contributed by atoms with Crippen LogP contribution in [0.5, 0.6) is 0 Å². The molecular formula is C17H35Na5O28P2. The Labute approximate surface area is 400 Å². The molecule has 0 radical (unpaired) electrons. The maximum absolute atomic E-state index is 10.3. The predicted molar refractivity (Wildman–Crippen MR) is 171 cm³/mol. The van der Waals surface area contributed by atoms with Crippen molar-refractivity contribution in [2.24, 2.45) is 0 Å². The Kier molecular flexibility index (Phi) is 57.5. The number of aliphatic hydroxyl groups excluding tert-OH is 4. The molecule has 0 saturated heterocycles. The normalized spacial score (nSPS) is 11.9. The van der Waals surface area contributed by atoms with E-state index in [1.165, 1.54) is 6.92 Å². The summed E-state index contributed by atoms with van der Waals surface area (Å²) in [5, 5.41) is 106. The van der Waals surface area contributed by atoms with Gasteiger partial charge in [0.1, 0.15) is 6.10 Å². The molecule has 0 heterocycles. The molecule has 28 nitrogen and oxygen atoms in total. The minimum atomic E-state index is -5.05. The van der Waals surface area contributed by atoms with Crippen molar-refractivity contribution in [3.05, 3.63) is 0 Å². The van der Waals surface area contributed by atoms with Crippen LogP contribution in [0.15, 0.2) is 0 Å². The van der Waals surface area contributed by atoms with E-state index in [-0.39, 0.29) is 148 Å². The fourth-order valence-corrected chi connectivity index (χ4v) is 2.48. The topological polar surface area (TPSA) is 524 Å². The zero-order chi connectivity index (χ0) is 39.3. The van der Waals surface area contributed by atoms with Crippen LogP contribution in [0.2, 0.25) is 0 Å². The third-order valence-electron chi connectivity index (χ3n) is 3.31. The van der Waals surface area contributed by atoms with Crippen molar-refractivity contribution in [2.75, 3.05) is 0 Å². The second-order valence-electron chi connectivity index (χ2n) is 7.57. The SMILES string of the molecule is CC(O)C(=O)O.O=C(O)C(O)C(O)C(=O)O.O=C(O)CC(O)(CC(=O)O)C(=O)O.O=C(O)CC(O)C(=O)O.O=P(O)(O)OP(=O)(O)O.[NaH].[NaH].[NaH].[NaH].[NaH]. The number of carbonyl (C=O) groups is 8. The number of hydrogen-bond donors (Lipinski definition) is 17. The van der Waals surface area contributed by atoms with Gasteiger partial charge in [0.25, 0.3) is 0 Å². The second kappa shape index (κ2) is 38.7. The summed E-state index contributed by atoms with van der Waals surface area (Å²) in [5.41, 5.74) is -2.74. The molecule has 0 spiro atoms. The Balaban J connectivity index is -0.0000000526. The summed E-state index contributed by atoms with van der Waals surface area (Å²) >= 11 is 0. The Morgan fingerprint density at radius 2 is 0.788 bits per heavy atom. The van der Waals surface area contributed by atoms with Gasteiger partial charge in [0.15, 0.2) is 23.9 Å². The van der Waals surface area contributed by atoms with E-state index >= 15 is 0 Å². The fraction of sp³-hybridized carbons (Fsp3) is 0.529. The minimum absolute atomic E-state index is 0. The summed E-state index contributed by atoms with van der Waals surface area (Å²) in [5.74, 6) is -12.6. The maximum atomic E-state index is 10.3. The van der Waals surface area contributed by atoms with Crippen LogP contribution in [-0.2, 0) is 51.8 Å². The van der Waals surface area contributed by atoms with Crippen molar-refractivity contribution in [1.82, 2.24) is 0 Å². The Bertz CT molecular complexity index is 1130. The molecule has 0 fully saturated rings. The quantitative estimate of drug-likeness (QED) is 0.0569. The summed E-state index contributed by atoms with van der Waals surface area (Å²) in [7, 11) is -10.1. The molecule has 35 heteroatoms. The van der Waals surface area contributed by atoms with Gasteiger partial charge in [0, 0.05) is 0 Å². The van der Waals surface area contributed by atoms with E-state index in [0.717, 1.165) is 0 Å². The van der Waals surface area contributed by atoms with Crippen LogP contribution in [-0.4, -0.2) is 312 Å². The van der Waals surface area contributed by atoms with Crippen LogP contribution in [0.1, 0.15) is 26.2 Å². The molecule has 4 atom stereocenters. The molecule has 4 unspecified atom stereocenters. The molecular weight excluding hydrogens is 829 g/mol. The molecule has 0 aromatic heterocycles. The van der Waals surface area contributed by atoms with Gasteiger partial charge in [-0.1, -0.05) is 0 Å². The van der Waals surface area contributed by atoms with Crippen molar-refractivity contribution in [1.29, 1.82) is 0 Å². The van der Waals surface area contributed by atoms with E-state index in [9.17, 15) is 47.5 Å². The molecule has 17 N–H and O–H groups in total. The summed E-state index contributed by atoms with van der Waals surface area (Å²) < 4.78 is 22.2. The molecule has 0 aliphatic rings. The van der Waals surface area contributed by atoms with Gasteiger partial charge in [0.2, 0.25) is 0 Å². The third-order valence-corrected chi connectivity index (χ3v) is 5.02. The van der Waals surface area contributed by atoms with Gasteiger partial charge < -0.3 is 86.0 Å². The number of rotatable bonds is 14. The molecule has 0 saturated carbocycles. The van der Waals surface area contributed by atoms with Gasteiger partial charge in [-0.25, -0.2) is 33.1 Å². The summed E-state index contributed by atoms with van der Waals surface area (Å²) in [6, 6.07) is 0. The van der Waals surface area contributed by atoms with Crippen molar-refractivity contribution in [3.8, 4) is 0 Å². The van der Waals surface area contributed by atoms with Crippen LogP contribution in [0.3, 0.4) is 0 Å². The first-order valence-corrected chi connectivity index (χ1v) is 13.8. The van der Waals surface area contributed by atoms with Crippen molar-refractivity contribution in [3.63, 3.8) is 0 Å².